The Morgan fingerprint density at radius 3 is 1.04 bits per heavy atom. The Bertz CT molecular complexity index is 828. The highest BCUT2D eigenvalue weighted by atomic mass is 19.1. The van der Waals surface area contributed by atoms with Gasteiger partial charge in [0.05, 0.1) is 0 Å². The van der Waals surface area contributed by atoms with Gasteiger partial charge in [0.2, 0.25) is 0 Å². The zero-order valence-corrected chi connectivity index (χ0v) is 13.4. The molecule has 0 amide bonds. The summed E-state index contributed by atoms with van der Waals surface area (Å²) in [7, 11) is 0. The third-order valence-electron chi connectivity index (χ3n) is 3.99. The van der Waals surface area contributed by atoms with E-state index in [4.69, 9.17) is 10.2 Å². The van der Waals surface area contributed by atoms with Gasteiger partial charge in [0.1, 0.15) is 0 Å². The predicted octanol–water partition coefficient (Wildman–Crippen LogP) is 4.84. The highest BCUT2D eigenvalue weighted by molar-refractivity contribution is 5.36. The minimum absolute atomic E-state index is 0.261. The summed E-state index contributed by atoms with van der Waals surface area (Å²) in [5.74, 6) is -6.09. The molecule has 0 heterocycles. The molecule has 134 valence electrons. The molecule has 26 heavy (non-hydrogen) atoms. The van der Waals surface area contributed by atoms with Crippen LogP contribution in [0.15, 0.2) is 48.5 Å². The van der Waals surface area contributed by atoms with E-state index in [0.717, 1.165) is 35.4 Å². The van der Waals surface area contributed by atoms with Crippen molar-refractivity contribution in [2.24, 2.45) is 0 Å². The zero-order chi connectivity index (χ0) is 18.8. The molecule has 3 aromatic carbocycles. The highest BCUT2D eigenvalue weighted by Crippen LogP contribution is 2.25. The normalized spacial score (nSPS) is 10.9. The van der Waals surface area contributed by atoms with Gasteiger partial charge in [-0.05, 0) is 59.4 Å². The topological polar surface area (TPSA) is 40.5 Å². The second kappa shape index (κ2) is 7.07. The molecule has 6 heteroatoms. The minimum Gasteiger partial charge on any atom is -0.503 e. The van der Waals surface area contributed by atoms with Gasteiger partial charge in [0.25, 0.3) is 0 Å². The lowest BCUT2D eigenvalue weighted by molar-refractivity contribution is 0.395. The third-order valence-corrected chi connectivity index (χ3v) is 3.99. The van der Waals surface area contributed by atoms with Gasteiger partial charge in [-0.25, -0.2) is 17.6 Å². The van der Waals surface area contributed by atoms with Crippen molar-refractivity contribution in [1.82, 2.24) is 0 Å². The van der Waals surface area contributed by atoms with E-state index < -0.39 is 34.8 Å². The number of benzene rings is 3. The van der Waals surface area contributed by atoms with Crippen molar-refractivity contribution in [2.45, 2.75) is 12.8 Å². The fourth-order valence-electron chi connectivity index (χ4n) is 2.69. The van der Waals surface area contributed by atoms with Crippen LogP contribution in [0.25, 0.3) is 0 Å². The van der Waals surface area contributed by atoms with E-state index in [9.17, 15) is 17.6 Å². The van der Waals surface area contributed by atoms with Gasteiger partial charge < -0.3 is 10.2 Å². The molecule has 0 atom stereocenters. The largest absolute Gasteiger partial charge is 0.503 e. The lowest BCUT2D eigenvalue weighted by atomic mass is 10.00. The highest BCUT2D eigenvalue weighted by Gasteiger charge is 2.11. The van der Waals surface area contributed by atoms with Gasteiger partial charge in [-0.15, -0.1) is 0 Å². The lowest BCUT2D eigenvalue weighted by Crippen LogP contribution is -1.95. The molecule has 0 aromatic heterocycles. The van der Waals surface area contributed by atoms with E-state index in [1.54, 1.807) is 24.3 Å². The van der Waals surface area contributed by atoms with Crippen LogP contribution in [-0.4, -0.2) is 10.2 Å². The molecule has 0 aliphatic rings. The molecule has 0 saturated heterocycles. The Labute approximate surface area is 147 Å². The van der Waals surface area contributed by atoms with Crippen LogP contribution in [0.4, 0.5) is 17.6 Å². The molecule has 0 bridgehead atoms. The summed E-state index contributed by atoms with van der Waals surface area (Å²) in [4.78, 5) is 0. The Kier molecular flexibility index (Phi) is 4.84. The SMILES string of the molecule is Oc1c(F)cc(Cc2ccc(Cc3cc(F)c(O)c(F)c3)cc2)cc1F. The van der Waals surface area contributed by atoms with Crippen molar-refractivity contribution >= 4 is 0 Å². The molecular formula is C20H14F4O2. The summed E-state index contributed by atoms with van der Waals surface area (Å²) in [6.45, 7) is 0. The summed E-state index contributed by atoms with van der Waals surface area (Å²) in [6.07, 6.45) is 0.522. The van der Waals surface area contributed by atoms with E-state index in [0.29, 0.717) is 11.1 Å². The van der Waals surface area contributed by atoms with E-state index in [1.807, 2.05) is 0 Å². The average molecular weight is 362 g/mol. The van der Waals surface area contributed by atoms with Crippen molar-refractivity contribution in [2.75, 3.05) is 0 Å². The summed E-state index contributed by atoms with van der Waals surface area (Å²) in [5, 5.41) is 18.2. The van der Waals surface area contributed by atoms with Crippen LogP contribution in [-0.2, 0) is 12.8 Å². The maximum Gasteiger partial charge on any atom is 0.187 e. The van der Waals surface area contributed by atoms with Crippen LogP contribution in [0, 0.1) is 23.3 Å². The first-order chi connectivity index (χ1) is 12.3. The maximum absolute atomic E-state index is 13.4. The zero-order valence-electron chi connectivity index (χ0n) is 13.4. The van der Waals surface area contributed by atoms with Crippen LogP contribution in [0.5, 0.6) is 11.5 Å². The molecule has 2 nitrogen and oxygen atoms in total. The van der Waals surface area contributed by atoms with Crippen molar-refractivity contribution in [1.29, 1.82) is 0 Å². The van der Waals surface area contributed by atoms with Crippen LogP contribution in [0.2, 0.25) is 0 Å². The second-order valence-electron chi connectivity index (χ2n) is 5.99. The first-order valence-corrected chi connectivity index (χ1v) is 7.75. The van der Waals surface area contributed by atoms with Crippen LogP contribution >= 0.6 is 0 Å². The monoisotopic (exact) mass is 362 g/mol. The van der Waals surface area contributed by atoms with Crippen molar-refractivity contribution < 1.29 is 27.8 Å². The maximum atomic E-state index is 13.4. The van der Waals surface area contributed by atoms with Crippen LogP contribution < -0.4 is 0 Å². The Balaban J connectivity index is 1.75. The molecule has 0 unspecified atom stereocenters. The number of rotatable bonds is 4. The molecule has 0 aliphatic carbocycles. The molecule has 0 aliphatic heterocycles. The molecule has 0 spiro atoms. The molecule has 0 radical (unpaired) electrons. The summed E-state index contributed by atoms with van der Waals surface area (Å²) < 4.78 is 53.5. The van der Waals surface area contributed by atoms with E-state index >= 15 is 0 Å². The number of hydrogen-bond donors (Lipinski definition) is 2. The molecule has 3 aromatic rings. The Morgan fingerprint density at radius 1 is 0.500 bits per heavy atom. The fourth-order valence-corrected chi connectivity index (χ4v) is 2.69. The van der Waals surface area contributed by atoms with Gasteiger partial charge in [-0.3, -0.25) is 0 Å². The number of hydrogen-bond acceptors (Lipinski definition) is 2. The molecule has 2 N–H and O–H groups in total. The lowest BCUT2D eigenvalue weighted by Gasteiger charge is -2.07. The first-order valence-electron chi connectivity index (χ1n) is 7.75. The fraction of sp³-hybridized carbons (Fsp3) is 0.100. The third kappa shape index (κ3) is 3.79. The minimum atomic E-state index is -1.02. The second-order valence-corrected chi connectivity index (χ2v) is 5.99. The number of phenolic OH excluding ortho intramolecular Hbond substituents is 2. The van der Waals surface area contributed by atoms with E-state index in [1.165, 1.54) is 0 Å². The van der Waals surface area contributed by atoms with Gasteiger partial charge in [0, 0.05) is 0 Å². The number of phenols is 2. The van der Waals surface area contributed by atoms with Gasteiger partial charge in [-0.1, -0.05) is 24.3 Å². The van der Waals surface area contributed by atoms with Crippen molar-refractivity contribution in [3.05, 3.63) is 94.1 Å². The van der Waals surface area contributed by atoms with Crippen molar-refractivity contribution in [3.8, 4) is 11.5 Å². The number of halogens is 4. The van der Waals surface area contributed by atoms with Gasteiger partial charge >= 0.3 is 0 Å². The summed E-state index contributed by atoms with van der Waals surface area (Å²) in [5.41, 5.74) is 2.30. The number of aromatic hydroxyl groups is 2. The summed E-state index contributed by atoms with van der Waals surface area (Å²) in [6, 6.07) is 11.2. The Morgan fingerprint density at radius 2 is 0.769 bits per heavy atom. The molecule has 3 rings (SSSR count). The van der Waals surface area contributed by atoms with E-state index in [-0.39, 0.29) is 12.8 Å². The first kappa shape index (κ1) is 17.8. The van der Waals surface area contributed by atoms with Crippen LogP contribution in [0.1, 0.15) is 22.3 Å². The Hall–Kier alpha value is -3.02. The van der Waals surface area contributed by atoms with Gasteiger partial charge in [0.15, 0.2) is 34.8 Å². The van der Waals surface area contributed by atoms with Gasteiger partial charge in [-0.2, -0.15) is 0 Å². The average Bonchev–Trinajstić information content (AvgIpc) is 2.59. The smallest absolute Gasteiger partial charge is 0.187 e. The quantitative estimate of drug-likeness (QED) is 0.653. The molecular weight excluding hydrogens is 348 g/mol. The predicted molar refractivity (Wildman–Crippen MR) is 88.1 cm³/mol. The molecule has 0 saturated carbocycles. The standard InChI is InChI=1S/C20H14F4O2/c21-15-7-13(8-16(22)19(15)25)5-11-1-2-12(4-3-11)6-14-9-17(23)20(26)18(24)10-14/h1-4,7-10,25-26H,5-6H2. The van der Waals surface area contributed by atoms with Crippen molar-refractivity contribution in [3.63, 3.8) is 0 Å². The van der Waals surface area contributed by atoms with Crippen LogP contribution in [0.3, 0.4) is 0 Å². The summed E-state index contributed by atoms with van der Waals surface area (Å²) >= 11 is 0. The van der Waals surface area contributed by atoms with E-state index in [2.05, 4.69) is 0 Å². The molecule has 0 fully saturated rings.